The average Bonchev–Trinajstić information content (AvgIpc) is 2.28. The van der Waals surface area contributed by atoms with Crippen molar-refractivity contribution < 1.29 is 9.53 Å². The van der Waals surface area contributed by atoms with E-state index in [-0.39, 0.29) is 12.2 Å². The molecule has 0 atom stereocenters. The van der Waals surface area contributed by atoms with E-state index in [9.17, 15) is 4.79 Å². The molecule has 0 aromatic heterocycles. The summed E-state index contributed by atoms with van der Waals surface area (Å²) in [6.45, 7) is 1.98. The highest BCUT2D eigenvalue weighted by molar-refractivity contribution is 6.32. The number of benzene rings is 1. The van der Waals surface area contributed by atoms with Crippen LogP contribution in [0, 0.1) is 11.3 Å². The van der Waals surface area contributed by atoms with E-state index in [1.807, 2.05) is 38.2 Å². The minimum atomic E-state index is -0.578. The van der Waals surface area contributed by atoms with Gasteiger partial charge in [0.05, 0.1) is 6.61 Å². The van der Waals surface area contributed by atoms with Crippen LogP contribution >= 0.6 is 0 Å². The Labute approximate surface area is 95.8 Å². The summed E-state index contributed by atoms with van der Waals surface area (Å²) in [4.78, 5) is 11.3. The summed E-state index contributed by atoms with van der Waals surface area (Å²) in [6.07, 6.45) is 1.53. The minimum absolute atomic E-state index is 0.0192. The molecule has 1 rings (SSSR count). The van der Waals surface area contributed by atoms with Gasteiger partial charge < -0.3 is 4.74 Å². The van der Waals surface area contributed by atoms with Gasteiger partial charge >= 0.3 is 5.97 Å². The van der Waals surface area contributed by atoms with Gasteiger partial charge in [0.1, 0.15) is 19.5 Å². The van der Waals surface area contributed by atoms with Crippen molar-refractivity contribution in [3.05, 3.63) is 35.4 Å². The molecule has 3 nitrogen and oxygen atoms in total. The first-order chi connectivity index (χ1) is 7.67. The average molecular weight is 213 g/mol. The summed E-state index contributed by atoms with van der Waals surface area (Å²) in [5.41, 5.74) is 1.97. The molecule has 1 aromatic carbocycles. The Morgan fingerprint density at radius 1 is 1.50 bits per heavy atom. The smallest absolute Gasteiger partial charge is 0.348 e. The Kier molecular flexibility index (Phi) is 4.35. The number of rotatable bonds is 3. The molecule has 0 aliphatic carbocycles. The van der Waals surface area contributed by atoms with Crippen LogP contribution in [0.3, 0.4) is 0 Å². The maximum absolute atomic E-state index is 11.3. The molecule has 0 spiro atoms. The van der Waals surface area contributed by atoms with Gasteiger partial charge in [-0.1, -0.05) is 29.7 Å². The molecule has 0 aliphatic heterocycles. The van der Waals surface area contributed by atoms with Gasteiger partial charge in [-0.25, -0.2) is 4.79 Å². The number of hydrogen-bond donors (Lipinski definition) is 0. The molecule has 0 fully saturated rings. The summed E-state index contributed by atoms with van der Waals surface area (Å²) < 4.78 is 4.76. The number of ether oxygens (including phenoxy) is 1. The third-order valence-corrected chi connectivity index (χ3v) is 2.00. The fraction of sp³-hybridized carbons (Fsp3) is 0.167. The monoisotopic (exact) mass is 213 g/mol. The van der Waals surface area contributed by atoms with Crippen molar-refractivity contribution in [1.29, 1.82) is 5.26 Å². The highest BCUT2D eigenvalue weighted by Gasteiger charge is 2.09. The Morgan fingerprint density at radius 2 is 2.12 bits per heavy atom. The Balaban J connectivity index is 2.92. The van der Waals surface area contributed by atoms with Crippen molar-refractivity contribution in [2.24, 2.45) is 0 Å². The molecule has 16 heavy (non-hydrogen) atoms. The summed E-state index contributed by atoms with van der Waals surface area (Å²) in [7, 11) is 1.98. The minimum Gasteiger partial charge on any atom is -0.462 e. The van der Waals surface area contributed by atoms with Crippen LogP contribution < -0.4 is 5.46 Å². The molecule has 0 saturated carbocycles. The van der Waals surface area contributed by atoms with Crippen LogP contribution in [-0.4, -0.2) is 20.4 Å². The van der Waals surface area contributed by atoms with E-state index in [0.29, 0.717) is 0 Å². The summed E-state index contributed by atoms with van der Waals surface area (Å²) >= 11 is 0. The molecule has 0 bridgehead atoms. The highest BCUT2D eigenvalue weighted by atomic mass is 16.5. The second-order valence-corrected chi connectivity index (χ2v) is 3.30. The fourth-order valence-corrected chi connectivity index (χ4v) is 1.18. The van der Waals surface area contributed by atoms with Crippen molar-refractivity contribution >= 4 is 25.4 Å². The van der Waals surface area contributed by atoms with Crippen LogP contribution in [0.4, 0.5) is 0 Å². The van der Waals surface area contributed by atoms with Crippen LogP contribution in [0.15, 0.2) is 29.8 Å². The van der Waals surface area contributed by atoms with E-state index in [1.165, 1.54) is 6.08 Å². The lowest BCUT2D eigenvalue weighted by Gasteiger charge is -2.00. The van der Waals surface area contributed by atoms with Gasteiger partial charge in [-0.15, -0.1) is 0 Å². The second kappa shape index (κ2) is 5.77. The molecule has 0 N–H and O–H groups in total. The number of esters is 1. The van der Waals surface area contributed by atoms with E-state index >= 15 is 0 Å². The van der Waals surface area contributed by atoms with Crippen LogP contribution in [0.5, 0.6) is 0 Å². The van der Waals surface area contributed by atoms with E-state index in [2.05, 4.69) is 0 Å². The number of carbonyl (C=O) groups excluding carboxylic acids is 1. The molecule has 1 aromatic rings. The van der Waals surface area contributed by atoms with E-state index in [4.69, 9.17) is 10.00 Å². The highest BCUT2D eigenvalue weighted by Crippen LogP contribution is 2.06. The van der Waals surface area contributed by atoms with Gasteiger partial charge in [0.2, 0.25) is 0 Å². The topological polar surface area (TPSA) is 50.1 Å². The van der Waals surface area contributed by atoms with Gasteiger partial charge in [-0.2, -0.15) is 5.26 Å². The van der Waals surface area contributed by atoms with Crippen molar-refractivity contribution in [3.63, 3.8) is 0 Å². The molecule has 0 unspecified atom stereocenters. The zero-order chi connectivity index (χ0) is 12.0. The van der Waals surface area contributed by atoms with Crippen molar-refractivity contribution in [1.82, 2.24) is 0 Å². The van der Waals surface area contributed by atoms with Gasteiger partial charge in [0.15, 0.2) is 0 Å². The van der Waals surface area contributed by atoms with Gasteiger partial charge in [-0.3, -0.25) is 0 Å². The van der Waals surface area contributed by atoms with E-state index in [1.54, 1.807) is 6.92 Å². The maximum Gasteiger partial charge on any atom is 0.348 e. The SMILES string of the molecule is Bc1ccc(/C=C(\C#N)C(=O)OCC)cc1. The molecule has 0 radical (unpaired) electrons. The predicted octanol–water partition coefficient (Wildman–Crippen LogP) is 0.415. The molecule has 4 heteroatoms. The molecule has 0 aliphatic rings. The number of hydrogen-bond acceptors (Lipinski definition) is 3. The zero-order valence-electron chi connectivity index (χ0n) is 9.36. The van der Waals surface area contributed by atoms with Crippen LogP contribution in [0.25, 0.3) is 6.08 Å². The van der Waals surface area contributed by atoms with Crippen molar-refractivity contribution in [3.8, 4) is 6.07 Å². The summed E-state index contributed by atoms with van der Waals surface area (Å²) in [5.74, 6) is -0.578. The van der Waals surface area contributed by atoms with Crippen LogP contribution in [0.1, 0.15) is 12.5 Å². The third-order valence-electron chi connectivity index (χ3n) is 2.00. The van der Waals surface area contributed by atoms with Gasteiger partial charge in [0.25, 0.3) is 0 Å². The second-order valence-electron chi connectivity index (χ2n) is 3.30. The molecule has 80 valence electrons. The van der Waals surface area contributed by atoms with Crippen molar-refractivity contribution in [2.75, 3.05) is 6.61 Å². The molecule has 0 saturated heterocycles. The van der Waals surface area contributed by atoms with Gasteiger partial charge in [-0.05, 0) is 18.6 Å². The quantitative estimate of drug-likeness (QED) is 0.316. The third kappa shape index (κ3) is 3.28. The maximum atomic E-state index is 11.3. The lowest BCUT2D eigenvalue weighted by molar-refractivity contribution is -0.137. The Bertz CT molecular complexity index is 443. The normalized spacial score (nSPS) is 10.6. The standard InChI is InChI=1S/C12H12BNO2/c1-2-16-12(15)10(8-14)7-9-3-5-11(13)6-4-9/h3-7H,2,13H2,1H3/b10-7+. The first-order valence-electron chi connectivity index (χ1n) is 5.03. The van der Waals surface area contributed by atoms with Crippen molar-refractivity contribution in [2.45, 2.75) is 6.92 Å². The van der Waals surface area contributed by atoms with Crippen LogP contribution in [0.2, 0.25) is 0 Å². The fourth-order valence-electron chi connectivity index (χ4n) is 1.18. The molecule has 0 amide bonds. The number of nitriles is 1. The van der Waals surface area contributed by atoms with E-state index < -0.39 is 5.97 Å². The number of nitrogens with zero attached hydrogens (tertiary/aromatic N) is 1. The van der Waals surface area contributed by atoms with Crippen LogP contribution in [-0.2, 0) is 9.53 Å². The number of carbonyl (C=O) groups is 1. The summed E-state index contributed by atoms with van der Waals surface area (Å²) in [6, 6.07) is 9.39. The first-order valence-corrected chi connectivity index (χ1v) is 5.03. The summed E-state index contributed by atoms with van der Waals surface area (Å²) in [5, 5.41) is 8.82. The predicted molar refractivity (Wildman–Crippen MR) is 64.8 cm³/mol. The Hall–Kier alpha value is -2.02. The molecular formula is C12H12BNO2. The lowest BCUT2D eigenvalue weighted by atomic mass is 9.95. The largest absolute Gasteiger partial charge is 0.462 e. The molecule has 0 heterocycles. The van der Waals surface area contributed by atoms with E-state index in [0.717, 1.165) is 11.0 Å². The molecular weight excluding hydrogens is 201 g/mol. The van der Waals surface area contributed by atoms with Gasteiger partial charge in [0, 0.05) is 0 Å². The zero-order valence-corrected chi connectivity index (χ0v) is 9.36. The lowest BCUT2D eigenvalue weighted by Crippen LogP contribution is -2.06. The Morgan fingerprint density at radius 3 is 2.62 bits per heavy atom. The first kappa shape index (κ1) is 12.1.